The second-order valence-corrected chi connectivity index (χ2v) is 7.82. The summed E-state index contributed by atoms with van der Waals surface area (Å²) in [5, 5.41) is 13.4. The van der Waals surface area contributed by atoms with Crippen LogP contribution in [0.3, 0.4) is 0 Å². The fourth-order valence-corrected chi connectivity index (χ4v) is 4.14. The number of amides is 3. The summed E-state index contributed by atoms with van der Waals surface area (Å²) < 4.78 is 40.2. The second-order valence-electron chi connectivity index (χ2n) is 6.82. The fourth-order valence-electron chi connectivity index (χ4n) is 3.26. The molecular formula is C20H16F3N5O2S. The van der Waals surface area contributed by atoms with Crippen LogP contribution in [0.25, 0.3) is 0 Å². The van der Waals surface area contributed by atoms with Crippen LogP contribution < -0.4 is 10.6 Å². The quantitative estimate of drug-likeness (QED) is 0.613. The molecule has 11 heteroatoms. The smallest absolute Gasteiger partial charge is 0.320 e. The molecule has 0 radical (unpaired) electrons. The molecule has 1 saturated heterocycles. The monoisotopic (exact) mass is 447 g/mol. The van der Waals surface area contributed by atoms with Crippen molar-refractivity contribution in [1.82, 2.24) is 15.1 Å². The van der Waals surface area contributed by atoms with E-state index in [2.05, 4.69) is 20.8 Å². The van der Waals surface area contributed by atoms with E-state index in [1.54, 1.807) is 6.07 Å². The van der Waals surface area contributed by atoms with Gasteiger partial charge < -0.3 is 15.5 Å². The van der Waals surface area contributed by atoms with E-state index in [4.69, 9.17) is 0 Å². The van der Waals surface area contributed by atoms with E-state index in [0.717, 1.165) is 23.5 Å². The minimum Gasteiger partial charge on any atom is -0.320 e. The number of nitrogens with one attached hydrogen (secondary N) is 2. The van der Waals surface area contributed by atoms with E-state index in [1.165, 1.54) is 23.1 Å². The van der Waals surface area contributed by atoms with Gasteiger partial charge in [0.25, 0.3) is 5.91 Å². The Hall–Kier alpha value is -3.47. The van der Waals surface area contributed by atoms with Gasteiger partial charge in [-0.15, -0.1) is 10.2 Å². The maximum absolute atomic E-state index is 13.9. The van der Waals surface area contributed by atoms with Gasteiger partial charge in [-0.25, -0.2) is 18.0 Å². The predicted octanol–water partition coefficient (Wildman–Crippen LogP) is 4.58. The largest absolute Gasteiger partial charge is 0.322 e. The second kappa shape index (κ2) is 8.72. The molecule has 7 nitrogen and oxygen atoms in total. The van der Waals surface area contributed by atoms with Gasteiger partial charge in [0, 0.05) is 18.3 Å². The molecule has 1 atom stereocenters. The van der Waals surface area contributed by atoms with Crippen molar-refractivity contribution < 1.29 is 22.8 Å². The average Bonchev–Trinajstić information content (AvgIpc) is 3.39. The Morgan fingerprint density at radius 3 is 2.61 bits per heavy atom. The van der Waals surface area contributed by atoms with Crippen LogP contribution in [0.15, 0.2) is 42.5 Å². The number of carbonyl (C=O) groups excluding carboxylic acids is 2. The summed E-state index contributed by atoms with van der Waals surface area (Å²) in [6, 6.07) is 7.34. The van der Waals surface area contributed by atoms with Crippen LogP contribution in [0.2, 0.25) is 0 Å². The molecule has 2 heterocycles. The number of benzene rings is 2. The molecule has 2 aromatic carbocycles. The SMILES string of the molecule is O=C(Nc1cccc(F)c1)c1nnc([C@@H]2CCCN2C(=O)Nc2ccc(F)cc2F)s1. The van der Waals surface area contributed by atoms with Crippen LogP contribution in [-0.4, -0.2) is 33.6 Å². The summed E-state index contributed by atoms with van der Waals surface area (Å²) in [6.07, 6.45) is 1.29. The molecule has 1 aliphatic heterocycles. The maximum Gasteiger partial charge on any atom is 0.322 e. The van der Waals surface area contributed by atoms with Crippen LogP contribution in [0.5, 0.6) is 0 Å². The van der Waals surface area contributed by atoms with E-state index in [0.29, 0.717) is 30.5 Å². The van der Waals surface area contributed by atoms with E-state index in [9.17, 15) is 22.8 Å². The molecule has 31 heavy (non-hydrogen) atoms. The number of hydrogen-bond donors (Lipinski definition) is 2. The molecule has 0 aliphatic carbocycles. The molecule has 0 spiro atoms. The Bertz CT molecular complexity index is 1140. The van der Waals surface area contributed by atoms with Crippen molar-refractivity contribution in [2.24, 2.45) is 0 Å². The van der Waals surface area contributed by atoms with Gasteiger partial charge in [0.15, 0.2) is 0 Å². The van der Waals surface area contributed by atoms with E-state index >= 15 is 0 Å². The molecule has 160 valence electrons. The summed E-state index contributed by atoms with van der Waals surface area (Å²) in [5.41, 5.74) is 0.148. The lowest BCUT2D eigenvalue weighted by atomic mass is 10.2. The first kappa shape index (κ1) is 20.8. The number of hydrogen-bond acceptors (Lipinski definition) is 5. The maximum atomic E-state index is 13.9. The highest BCUT2D eigenvalue weighted by atomic mass is 32.1. The van der Waals surface area contributed by atoms with Crippen molar-refractivity contribution in [3.05, 3.63) is 69.9 Å². The number of halogens is 3. The molecule has 3 aromatic rings. The van der Waals surface area contributed by atoms with Crippen molar-refractivity contribution in [3.63, 3.8) is 0 Å². The number of rotatable bonds is 4. The lowest BCUT2D eigenvalue weighted by Gasteiger charge is -2.23. The molecule has 4 rings (SSSR count). The third kappa shape index (κ3) is 4.66. The number of carbonyl (C=O) groups is 2. The topological polar surface area (TPSA) is 87.2 Å². The van der Waals surface area contributed by atoms with Crippen molar-refractivity contribution in [3.8, 4) is 0 Å². The normalized spacial score (nSPS) is 15.7. The van der Waals surface area contributed by atoms with Crippen LogP contribution in [0, 0.1) is 17.5 Å². The molecular weight excluding hydrogens is 431 g/mol. The Morgan fingerprint density at radius 2 is 1.84 bits per heavy atom. The number of nitrogens with zero attached hydrogens (tertiary/aromatic N) is 3. The van der Waals surface area contributed by atoms with E-state index in [1.807, 2.05) is 0 Å². The van der Waals surface area contributed by atoms with Crippen molar-refractivity contribution in [1.29, 1.82) is 0 Å². The summed E-state index contributed by atoms with van der Waals surface area (Å²) in [5.74, 6) is -2.65. The third-order valence-corrected chi connectivity index (χ3v) is 5.71. The van der Waals surface area contributed by atoms with Crippen LogP contribution in [-0.2, 0) is 0 Å². The van der Waals surface area contributed by atoms with Gasteiger partial charge in [-0.05, 0) is 43.2 Å². The first-order valence-electron chi connectivity index (χ1n) is 9.34. The summed E-state index contributed by atoms with van der Waals surface area (Å²) >= 11 is 1.02. The zero-order valence-corrected chi connectivity index (χ0v) is 16.8. The van der Waals surface area contributed by atoms with Gasteiger partial charge in [0.2, 0.25) is 5.01 Å². The van der Waals surface area contributed by atoms with Crippen LogP contribution in [0.4, 0.5) is 29.3 Å². The standard InChI is InChI=1S/C20H16F3N5O2S/c21-11-3-1-4-13(9-11)24-17(29)19-27-26-18(31-19)16-5-2-8-28(16)20(30)25-15-7-6-12(22)10-14(15)23/h1,3-4,6-7,9-10,16H,2,5,8H2,(H,24,29)(H,25,30)/t16-/m0/s1. The zero-order valence-electron chi connectivity index (χ0n) is 15.9. The van der Waals surface area contributed by atoms with Crippen LogP contribution in [0.1, 0.15) is 33.7 Å². The Kier molecular flexibility index (Phi) is 5.85. The lowest BCUT2D eigenvalue weighted by Crippen LogP contribution is -2.34. The molecule has 0 saturated carbocycles. The number of anilines is 2. The molecule has 0 bridgehead atoms. The lowest BCUT2D eigenvalue weighted by molar-refractivity contribution is 0.102. The average molecular weight is 447 g/mol. The molecule has 1 aromatic heterocycles. The highest BCUT2D eigenvalue weighted by molar-refractivity contribution is 7.13. The van der Waals surface area contributed by atoms with Crippen LogP contribution >= 0.6 is 11.3 Å². The Morgan fingerprint density at radius 1 is 1.03 bits per heavy atom. The number of likely N-dealkylation sites (tertiary alicyclic amines) is 1. The summed E-state index contributed by atoms with van der Waals surface area (Å²) in [4.78, 5) is 26.5. The van der Waals surface area contributed by atoms with Gasteiger partial charge in [-0.1, -0.05) is 17.4 Å². The fraction of sp³-hybridized carbons (Fsp3) is 0.200. The number of aromatic nitrogens is 2. The molecule has 1 aliphatic rings. The Balaban J connectivity index is 1.46. The van der Waals surface area contributed by atoms with Gasteiger partial charge in [0.05, 0.1) is 11.7 Å². The number of urea groups is 1. The molecule has 1 fully saturated rings. The van der Waals surface area contributed by atoms with Gasteiger partial charge in [-0.3, -0.25) is 4.79 Å². The summed E-state index contributed by atoms with van der Waals surface area (Å²) in [7, 11) is 0. The highest BCUT2D eigenvalue weighted by Gasteiger charge is 2.33. The Labute approximate surface area is 178 Å². The van der Waals surface area contributed by atoms with Crippen molar-refractivity contribution in [2.45, 2.75) is 18.9 Å². The third-order valence-electron chi connectivity index (χ3n) is 4.69. The first-order chi connectivity index (χ1) is 14.9. The van der Waals surface area contributed by atoms with Gasteiger partial charge in [-0.2, -0.15) is 0 Å². The van der Waals surface area contributed by atoms with Gasteiger partial charge in [0.1, 0.15) is 22.5 Å². The van der Waals surface area contributed by atoms with Crippen molar-refractivity contribution in [2.75, 3.05) is 17.2 Å². The molecule has 3 amide bonds. The van der Waals surface area contributed by atoms with E-state index in [-0.39, 0.29) is 16.4 Å². The highest BCUT2D eigenvalue weighted by Crippen LogP contribution is 2.34. The summed E-state index contributed by atoms with van der Waals surface area (Å²) in [6.45, 7) is 0.406. The molecule has 0 unspecified atom stereocenters. The van der Waals surface area contributed by atoms with Gasteiger partial charge >= 0.3 is 6.03 Å². The zero-order chi connectivity index (χ0) is 22.0. The minimum absolute atomic E-state index is 0.0658. The predicted molar refractivity (Wildman–Crippen MR) is 108 cm³/mol. The van der Waals surface area contributed by atoms with Crippen molar-refractivity contribution >= 4 is 34.6 Å². The van der Waals surface area contributed by atoms with E-state index < -0.39 is 35.4 Å². The minimum atomic E-state index is -0.878. The molecule has 2 N–H and O–H groups in total. The first-order valence-corrected chi connectivity index (χ1v) is 10.2.